The van der Waals surface area contributed by atoms with Crippen LogP contribution in [0.5, 0.6) is 0 Å². The molecule has 108 valence electrons. The van der Waals surface area contributed by atoms with Crippen molar-refractivity contribution >= 4 is 0 Å². The summed E-state index contributed by atoms with van der Waals surface area (Å²) in [7, 11) is 0. The number of H-pyrrole nitrogens is 1. The van der Waals surface area contributed by atoms with Crippen LogP contribution in [-0.2, 0) is 6.18 Å². The number of nitrogens with zero attached hydrogens (tertiary/aromatic N) is 1. The number of halogens is 4. The number of alkyl halides is 3. The predicted octanol–water partition coefficient (Wildman–Crippen LogP) is 3.46. The van der Waals surface area contributed by atoms with Gasteiger partial charge in [0.1, 0.15) is 17.3 Å². The molecule has 0 aromatic carbocycles. The van der Waals surface area contributed by atoms with E-state index in [9.17, 15) is 22.4 Å². The van der Waals surface area contributed by atoms with Gasteiger partial charge < -0.3 is 4.98 Å². The smallest absolute Gasteiger partial charge is 0.335 e. The molecule has 20 heavy (non-hydrogen) atoms. The van der Waals surface area contributed by atoms with Crippen molar-refractivity contribution in [3.05, 3.63) is 39.1 Å². The first-order valence-electron chi connectivity index (χ1n) is 5.93. The summed E-state index contributed by atoms with van der Waals surface area (Å²) in [6.07, 6.45) is -4.74. The van der Waals surface area contributed by atoms with Gasteiger partial charge in [0.05, 0.1) is 5.56 Å². The van der Waals surface area contributed by atoms with E-state index in [0.29, 0.717) is 0 Å². The highest BCUT2D eigenvalue weighted by Crippen LogP contribution is 2.35. The molecule has 0 radical (unpaired) electrons. The molecule has 0 unspecified atom stereocenters. The van der Waals surface area contributed by atoms with Crippen LogP contribution in [0.2, 0.25) is 0 Å². The minimum absolute atomic E-state index is 0.112. The second-order valence-corrected chi connectivity index (χ2v) is 4.87. The van der Waals surface area contributed by atoms with Gasteiger partial charge in [0.15, 0.2) is 0 Å². The van der Waals surface area contributed by atoms with Crippen molar-refractivity contribution in [2.24, 2.45) is 0 Å². The summed E-state index contributed by atoms with van der Waals surface area (Å²) in [4.78, 5) is 17.2. The summed E-state index contributed by atoms with van der Waals surface area (Å²) in [6, 6.07) is 1.26. The Morgan fingerprint density at radius 3 is 2.40 bits per heavy atom. The molecule has 0 aromatic heterocycles. The van der Waals surface area contributed by atoms with Gasteiger partial charge in [-0.15, -0.1) is 0 Å². The van der Waals surface area contributed by atoms with E-state index in [1.54, 1.807) is 13.8 Å². The Balaban J connectivity index is 2.85. The third-order valence-corrected chi connectivity index (χ3v) is 3.10. The molecular formula is C13H12F4N2O. The van der Waals surface area contributed by atoms with Crippen molar-refractivity contribution in [2.75, 3.05) is 0 Å². The summed E-state index contributed by atoms with van der Waals surface area (Å²) in [5.74, 6) is -1.60. The van der Waals surface area contributed by atoms with E-state index < -0.39 is 34.6 Å². The van der Waals surface area contributed by atoms with Crippen LogP contribution in [-0.4, -0.2) is 9.97 Å². The van der Waals surface area contributed by atoms with Crippen molar-refractivity contribution in [3.63, 3.8) is 0 Å². The fourth-order valence-corrected chi connectivity index (χ4v) is 2.00. The zero-order valence-electron chi connectivity index (χ0n) is 11.0. The fraction of sp³-hybridized carbons (Fsp3) is 0.385. The highest BCUT2D eigenvalue weighted by atomic mass is 19.4. The lowest BCUT2D eigenvalue weighted by atomic mass is 10.00. The fourth-order valence-electron chi connectivity index (χ4n) is 2.00. The summed E-state index contributed by atoms with van der Waals surface area (Å²) >= 11 is 0. The molecule has 0 saturated heterocycles. The number of nitrogens with one attached hydrogen (secondary N) is 1. The maximum atomic E-state index is 14.1. The molecule has 7 heteroatoms. The first-order valence-corrected chi connectivity index (χ1v) is 5.93. The van der Waals surface area contributed by atoms with Crippen molar-refractivity contribution < 1.29 is 17.6 Å². The molecule has 2 aliphatic heterocycles. The van der Waals surface area contributed by atoms with Crippen molar-refractivity contribution in [1.29, 1.82) is 0 Å². The number of fused-ring (bicyclic) bond motifs is 1. The van der Waals surface area contributed by atoms with Crippen molar-refractivity contribution in [3.8, 4) is 11.4 Å². The maximum Gasteiger partial charge on any atom is 0.431 e. The molecule has 2 heterocycles. The lowest BCUT2D eigenvalue weighted by molar-refractivity contribution is -0.141. The molecule has 0 atom stereocenters. The van der Waals surface area contributed by atoms with Gasteiger partial charge in [0.2, 0.25) is 0 Å². The topological polar surface area (TPSA) is 45.8 Å². The zero-order chi connectivity index (χ0) is 15.2. The predicted molar refractivity (Wildman–Crippen MR) is 65.3 cm³/mol. The Morgan fingerprint density at radius 2 is 1.90 bits per heavy atom. The van der Waals surface area contributed by atoms with Gasteiger partial charge in [-0.3, -0.25) is 4.79 Å². The average molecular weight is 288 g/mol. The molecule has 2 rings (SSSR count). The van der Waals surface area contributed by atoms with E-state index in [2.05, 4.69) is 4.98 Å². The SMILES string of the molecule is Cc1c(C(F)(F)F)[nH]c2nc(=O)c(C(C)C)cc-2c1F. The number of rotatable bonds is 1. The summed E-state index contributed by atoms with van der Waals surface area (Å²) < 4.78 is 52.4. The zero-order valence-corrected chi connectivity index (χ0v) is 11.0. The van der Waals surface area contributed by atoms with Gasteiger partial charge in [-0.05, 0) is 18.9 Å². The molecule has 0 amide bonds. The number of hydrogen-bond donors (Lipinski definition) is 1. The van der Waals surface area contributed by atoms with Crippen molar-refractivity contribution in [1.82, 2.24) is 9.97 Å². The second kappa shape index (κ2) is 4.57. The molecule has 0 aromatic rings. The summed E-state index contributed by atoms with van der Waals surface area (Å²) in [5, 5.41) is 0. The Bertz CT molecular complexity index is 688. The second-order valence-electron chi connectivity index (χ2n) is 4.87. The molecule has 0 fully saturated rings. The lowest BCUT2D eigenvalue weighted by Gasteiger charge is -2.17. The average Bonchev–Trinajstić information content (AvgIpc) is 2.31. The van der Waals surface area contributed by atoms with Gasteiger partial charge in [-0.25, -0.2) is 4.39 Å². The van der Waals surface area contributed by atoms with Gasteiger partial charge in [0.25, 0.3) is 5.56 Å². The molecular weight excluding hydrogens is 276 g/mol. The van der Waals surface area contributed by atoms with E-state index in [-0.39, 0.29) is 17.0 Å². The third kappa shape index (κ3) is 2.28. The molecule has 0 saturated carbocycles. The van der Waals surface area contributed by atoms with Crippen LogP contribution in [0, 0.1) is 12.7 Å². The van der Waals surface area contributed by atoms with Crippen molar-refractivity contribution in [2.45, 2.75) is 32.9 Å². The van der Waals surface area contributed by atoms with Crippen LogP contribution in [0.1, 0.15) is 36.6 Å². The Hall–Kier alpha value is -1.92. The Kier molecular flexibility index (Phi) is 3.31. The van der Waals surface area contributed by atoms with Gasteiger partial charge in [-0.1, -0.05) is 13.8 Å². The molecule has 0 spiro atoms. The Labute approximate surface area is 112 Å². The van der Waals surface area contributed by atoms with E-state index in [1.165, 1.54) is 6.07 Å². The minimum Gasteiger partial charge on any atom is -0.335 e. The van der Waals surface area contributed by atoms with Gasteiger partial charge >= 0.3 is 6.18 Å². The molecule has 3 nitrogen and oxygen atoms in total. The van der Waals surface area contributed by atoms with Crippen LogP contribution < -0.4 is 5.56 Å². The van der Waals surface area contributed by atoms with Gasteiger partial charge in [0, 0.05) is 11.1 Å². The first kappa shape index (κ1) is 14.5. The number of pyridine rings is 2. The largest absolute Gasteiger partial charge is 0.431 e. The lowest BCUT2D eigenvalue weighted by Crippen LogP contribution is -2.20. The third-order valence-electron chi connectivity index (χ3n) is 3.10. The highest BCUT2D eigenvalue weighted by Gasteiger charge is 2.36. The van der Waals surface area contributed by atoms with Crippen LogP contribution in [0.15, 0.2) is 10.9 Å². The Morgan fingerprint density at radius 1 is 1.30 bits per heavy atom. The first-order chi connectivity index (χ1) is 9.12. The summed E-state index contributed by atoms with van der Waals surface area (Å²) in [6.45, 7) is 4.49. The van der Waals surface area contributed by atoms with E-state index in [1.807, 2.05) is 4.98 Å². The minimum atomic E-state index is -4.74. The molecule has 2 aliphatic rings. The number of aromatic amines is 1. The molecule has 0 bridgehead atoms. The monoisotopic (exact) mass is 288 g/mol. The van der Waals surface area contributed by atoms with E-state index in [0.717, 1.165) is 6.92 Å². The van der Waals surface area contributed by atoms with Crippen LogP contribution >= 0.6 is 0 Å². The molecule has 0 aliphatic carbocycles. The van der Waals surface area contributed by atoms with Crippen LogP contribution in [0.3, 0.4) is 0 Å². The highest BCUT2D eigenvalue weighted by molar-refractivity contribution is 5.61. The normalized spacial score (nSPS) is 12.4. The van der Waals surface area contributed by atoms with E-state index >= 15 is 0 Å². The standard InChI is InChI=1S/C13H12F4N2O/c1-5(2)7-4-8-9(14)6(3)10(13(15,16)17)18-11(8)19-12(7)20/h4-5H,1-3H3,(H,18,19,20). The van der Waals surface area contributed by atoms with Crippen LogP contribution in [0.25, 0.3) is 11.4 Å². The molecule has 1 N–H and O–H groups in total. The number of aromatic nitrogens is 2. The van der Waals surface area contributed by atoms with Crippen LogP contribution in [0.4, 0.5) is 17.6 Å². The maximum absolute atomic E-state index is 14.1. The van der Waals surface area contributed by atoms with E-state index in [4.69, 9.17) is 0 Å². The summed E-state index contributed by atoms with van der Waals surface area (Å²) in [5.41, 5.74) is -2.27. The number of hydrogen-bond acceptors (Lipinski definition) is 2. The quantitative estimate of drug-likeness (QED) is 0.817. The van der Waals surface area contributed by atoms with Gasteiger partial charge in [-0.2, -0.15) is 18.2 Å².